The Labute approximate surface area is 120 Å². The number of carbonyl (C=O) groups is 1. The topological polar surface area (TPSA) is 32.3 Å². The Balaban J connectivity index is 1.66. The lowest BCUT2D eigenvalue weighted by Crippen LogP contribution is -2.42. The van der Waals surface area contributed by atoms with Crippen LogP contribution in [0.2, 0.25) is 0 Å². The van der Waals surface area contributed by atoms with Gasteiger partial charge in [-0.3, -0.25) is 10.1 Å². The minimum Gasteiger partial charge on any atom is -0.318 e. The van der Waals surface area contributed by atoms with Crippen LogP contribution in [0.3, 0.4) is 0 Å². The van der Waals surface area contributed by atoms with Crippen molar-refractivity contribution in [2.45, 2.75) is 44.8 Å². The predicted octanol–water partition coefficient (Wildman–Crippen LogP) is 2.61. The fourth-order valence-corrected chi connectivity index (χ4v) is 3.69. The average Bonchev–Trinajstić information content (AvgIpc) is 3.32. The van der Waals surface area contributed by atoms with Gasteiger partial charge in [-0.1, -0.05) is 29.8 Å². The molecule has 0 radical (unpaired) electrons. The van der Waals surface area contributed by atoms with Gasteiger partial charge in [0.25, 0.3) is 0 Å². The second kappa shape index (κ2) is 4.59. The van der Waals surface area contributed by atoms with E-state index in [1.54, 1.807) is 0 Å². The van der Waals surface area contributed by atoms with Crippen LogP contribution in [0, 0.1) is 18.8 Å². The molecule has 1 saturated heterocycles. The second-order valence-corrected chi connectivity index (χ2v) is 6.66. The molecule has 3 fully saturated rings. The summed E-state index contributed by atoms with van der Waals surface area (Å²) in [5, 5.41) is 3.42. The zero-order chi connectivity index (χ0) is 13.7. The largest absolute Gasteiger partial charge is 0.318 e. The monoisotopic (exact) mass is 270 g/mol. The Hall–Kier alpha value is -1.35. The van der Waals surface area contributed by atoms with Crippen molar-refractivity contribution in [2.75, 3.05) is 6.54 Å². The molecule has 20 heavy (non-hydrogen) atoms. The summed E-state index contributed by atoms with van der Waals surface area (Å²) >= 11 is 0. The number of nitrogens with zero attached hydrogens (tertiary/aromatic N) is 1. The molecule has 1 atom stereocenters. The van der Waals surface area contributed by atoms with Crippen LogP contribution in [0.1, 0.15) is 43.0 Å². The van der Waals surface area contributed by atoms with Gasteiger partial charge in [-0.05, 0) is 50.0 Å². The molecule has 3 heteroatoms. The van der Waals surface area contributed by atoms with Crippen LogP contribution in [0.15, 0.2) is 24.3 Å². The van der Waals surface area contributed by atoms with E-state index in [9.17, 15) is 4.79 Å². The number of benzene rings is 1. The predicted molar refractivity (Wildman–Crippen MR) is 78.0 cm³/mol. The third-order valence-electron chi connectivity index (χ3n) is 4.90. The number of rotatable bonds is 4. The quantitative estimate of drug-likeness (QED) is 0.912. The summed E-state index contributed by atoms with van der Waals surface area (Å²) in [6.07, 6.45) is 5.34. The minimum absolute atomic E-state index is 0.0913. The van der Waals surface area contributed by atoms with Gasteiger partial charge in [-0.25, -0.2) is 0 Å². The zero-order valence-corrected chi connectivity index (χ0v) is 12.0. The van der Waals surface area contributed by atoms with Crippen LogP contribution in [-0.4, -0.2) is 23.4 Å². The smallest absolute Gasteiger partial charge is 0.238 e. The first-order chi connectivity index (χ1) is 9.74. The van der Waals surface area contributed by atoms with E-state index in [1.165, 1.54) is 36.8 Å². The summed E-state index contributed by atoms with van der Waals surface area (Å²) in [7, 11) is 0. The number of aryl methyl sites for hydroxylation is 1. The minimum atomic E-state index is 0.0913. The number of nitrogens with one attached hydrogen (secondary N) is 1. The van der Waals surface area contributed by atoms with E-state index < -0.39 is 0 Å². The standard InChI is InChI=1S/C17H22N2O/c1-11-3-2-4-14(9-11)17-18-10-15(20)19(17)16(12-5-6-12)13-7-8-13/h2-4,9,12-13,16-18H,5-8,10H2,1H3. The van der Waals surface area contributed by atoms with Gasteiger partial charge in [0.2, 0.25) is 5.91 Å². The van der Waals surface area contributed by atoms with Gasteiger partial charge in [0.05, 0.1) is 6.54 Å². The molecule has 0 aromatic heterocycles. The molecule has 1 aliphatic heterocycles. The molecular formula is C17H22N2O. The van der Waals surface area contributed by atoms with E-state index in [0.717, 1.165) is 11.8 Å². The first-order valence-electron chi connectivity index (χ1n) is 7.85. The first kappa shape index (κ1) is 12.4. The Bertz CT molecular complexity index is 522. The molecule has 1 unspecified atom stereocenters. The van der Waals surface area contributed by atoms with E-state index in [0.29, 0.717) is 18.5 Å². The van der Waals surface area contributed by atoms with Gasteiger partial charge >= 0.3 is 0 Å². The van der Waals surface area contributed by atoms with E-state index in [2.05, 4.69) is 41.4 Å². The van der Waals surface area contributed by atoms with Gasteiger partial charge < -0.3 is 4.90 Å². The van der Waals surface area contributed by atoms with Crippen LogP contribution >= 0.6 is 0 Å². The summed E-state index contributed by atoms with van der Waals surface area (Å²) in [6, 6.07) is 9.05. The van der Waals surface area contributed by atoms with Crippen molar-refractivity contribution >= 4 is 5.91 Å². The van der Waals surface area contributed by atoms with Crippen molar-refractivity contribution in [3.8, 4) is 0 Å². The Morgan fingerprint density at radius 2 is 1.90 bits per heavy atom. The number of hydrogen-bond acceptors (Lipinski definition) is 2. The summed E-state index contributed by atoms with van der Waals surface area (Å²) < 4.78 is 0. The molecule has 106 valence electrons. The third-order valence-corrected chi connectivity index (χ3v) is 4.90. The Morgan fingerprint density at radius 3 is 2.50 bits per heavy atom. The van der Waals surface area contributed by atoms with Crippen molar-refractivity contribution < 1.29 is 4.79 Å². The number of hydrogen-bond donors (Lipinski definition) is 1. The lowest BCUT2D eigenvalue weighted by Gasteiger charge is -2.33. The van der Waals surface area contributed by atoms with Gasteiger partial charge in [0.1, 0.15) is 6.17 Å². The van der Waals surface area contributed by atoms with Gasteiger partial charge in [0, 0.05) is 6.04 Å². The molecule has 2 saturated carbocycles. The molecule has 1 aromatic carbocycles. The van der Waals surface area contributed by atoms with Crippen LogP contribution < -0.4 is 5.32 Å². The molecular weight excluding hydrogens is 248 g/mol. The molecule has 1 heterocycles. The van der Waals surface area contributed by atoms with Crippen molar-refractivity contribution in [3.05, 3.63) is 35.4 Å². The molecule has 2 aliphatic carbocycles. The van der Waals surface area contributed by atoms with Crippen LogP contribution in [-0.2, 0) is 4.79 Å². The summed E-state index contributed by atoms with van der Waals surface area (Å²) in [6.45, 7) is 2.61. The van der Waals surface area contributed by atoms with Crippen molar-refractivity contribution in [1.82, 2.24) is 10.2 Å². The van der Waals surface area contributed by atoms with E-state index in [-0.39, 0.29) is 6.17 Å². The highest BCUT2D eigenvalue weighted by molar-refractivity contribution is 5.81. The lowest BCUT2D eigenvalue weighted by molar-refractivity contribution is -0.131. The van der Waals surface area contributed by atoms with Gasteiger partial charge in [-0.15, -0.1) is 0 Å². The maximum atomic E-state index is 12.4. The number of carbonyl (C=O) groups excluding carboxylic acids is 1. The fraction of sp³-hybridized carbons (Fsp3) is 0.588. The molecule has 0 bridgehead atoms. The second-order valence-electron chi connectivity index (χ2n) is 6.66. The average molecular weight is 270 g/mol. The van der Waals surface area contributed by atoms with Gasteiger partial charge in [-0.2, -0.15) is 0 Å². The molecule has 3 nitrogen and oxygen atoms in total. The first-order valence-corrected chi connectivity index (χ1v) is 7.85. The maximum absolute atomic E-state index is 12.4. The SMILES string of the molecule is Cc1cccc(C2NCC(=O)N2C(C2CC2)C2CC2)c1. The molecule has 1 aromatic rings. The van der Waals surface area contributed by atoms with Crippen molar-refractivity contribution in [3.63, 3.8) is 0 Å². The summed E-state index contributed by atoms with van der Waals surface area (Å²) in [5.74, 6) is 1.82. The van der Waals surface area contributed by atoms with Crippen LogP contribution in [0.5, 0.6) is 0 Å². The Morgan fingerprint density at radius 1 is 1.20 bits per heavy atom. The van der Waals surface area contributed by atoms with E-state index >= 15 is 0 Å². The summed E-state index contributed by atoms with van der Waals surface area (Å²) in [4.78, 5) is 14.6. The molecule has 4 rings (SSSR count). The summed E-state index contributed by atoms with van der Waals surface area (Å²) in [5.41, 5.74) is 2.50. The molecule has 3 aliphatic rings. The van der Waals surface area contributed by atoms with Gasteiger partial charge in [0.15, 0.2) is 0 Å². The maximum Gasteiger partial charge on any atom is 0.238 e. The van der Waals surface area contributed by atoms with Crippen LogP contribution in [0.4, 0.5) is 0 Å². The number of amides is 1. The highest BCUT2D eigenvalue weighted by Crippen LogP contribution is 2.49. The third kappa shape index (κ3) is 2.14. The highest BCUT2D eigenvalue weighted by Gasteiger charge is 2.49. The molecule has 0 spiro atoms. The van der Waals surface area contributed by atoms with E-state index in [4.69, 9.17) is 0 Å². The van der Waals surface area contributed by atoms with E-state index in [1.807, 2.05) is 0 Å². The van der Waals surface area contributed by atoms with Crippen molar-refractivity contribution in [2.24, 2.45) is 11.8 Å². The van der Waals surface area contributed by atoms with Crippen LogP contribution in [0.25, 0.3) is 0 Å². The normalized spacial score (nSPS) is 26.6. The lowest BCUT2D eigenvalue weighted by atomic mass is 10.0. The fourth-order valence-electron chi connectivity index (χ4n) is 3.69. The zero-order valence-electron chi connectivity index (χ0n) is 12.0. The molecule has 1 N–H and O–H groups in total. The Kier molecular flexibility index (Phi) is 2.84. The highest BCUT2D eigenvalue weighted by atomic mass is 16.2. The molecule has 1 amide bonds. The van der Waals surface area contributed by atoms with Crippen molar-refractivity contribution in [1.29, 1.82) is 0 Å².